The van der Waals surface area contributed by atoms with E-state index in [9.17, 15) is 24.2 Å². The second-order valence-corrected chi connectivity index (χ2v) is 11.9. The Morgan fingerprint density at radius 2 is 1.98 bits per heavy atom. The summed E-state index contributed by atoms with van der Waals surface area (Å²) in [6.07, 6.45) is 3.91. The molecule has 0 spiro atoms. The predicted octanol–water partition coefficient (Wildman–Crippen LogP) is 1.05. The summed E-state index contributed by atoms with van der Waals surface area (Å²) < 4.78 is 26.7. The highest BCUT2D eigenvalue weighted by Gasteiger charge is 2.35. The van der Waals surface area contributed by atoms with Crippen molar-refractivity contribution in [3.05, 3.63) is 68.5 Å². The molecule has 16 heteroatoms. The number of halogens is 1. The molecule has 50 heavy (non-hydrogen) atoms. The van der Waals surface area contributed by atoms with Gasteiger partial charge in [0.25, 0.3) is 5.56 Å². The third-order valence-corrected chi connectivity index (χ3v) is 8.60. The fraction of sp³-hybridized carbons (Fsp3) is 0.471. The van der Waals surface area contributed by atoms with Gasteiger partial charge in [0.2, 0.25) is 0 Å². The number of cyclic esters (lactones) is 1. The van der Waals surface area contributed by atoms with Crippen molar-refractivity contribution in [1.29, 1.82) is 0 Å². The molecule has 6 rings (SSSR count). The molecule has 0 amide bonds. The van der Waals surface area contributed by atoms with E-state index in [1.807, 2.05) is 20.9 Å². The van der Waals surface area contributed by atoms with Gasteiger partial charge in [0.1, 0.15) is 12.9 Å². The highest BCUT2D eigenvalue weighted by atomic mass is 19.1. The monoisotopic (exact) mass is 698 g/mol. The highest BCUT2D eigenvalue weighted by Crippen LogP contribution is 2.39. The van der Waals surface area contributed by atoms with Crippen molar-refractivity contribution in [2.45, 2.75) is 65.0 Å². The first-order chi connectivity index (χ1) is 24.1. The Labute approximate surface area is 289 Å². The number of hydrogen-bond acceptors (Lipinski definition) is 14. The molecule has 2 aromatic heterocycles. The number of phenols is 1. The summed E-state index contributed by atoms with van der Waals surface area (Å²) in [5.41, 5.74) is 13.9. The minimum absolute atomic E-state index is 0.106. The van der Waals surface area contributed by atoms with E-state index in [1.54, 1.807) is 12.3 Å². The summed E-state index contributed by atoms with van der Waals surface area (Å²) in [6, 6.07) is 4.21. The lowest BCUT2D eigenvalue weighted by Gasteiger charge is -2.35. The van der Waals surface area contributed by atoms with Gasteiger partial charge in [-0.15, -0.1) is 0 Å². The lowest BCUT2D eigenvalue weighted by atomic mass is 9.98. The molecule has 15 nitrogen and oxygen atoms in total. The third kappa shape index (κ3) is 8.29. The van der Waals surface area contributed by atoms with E-state index in [0.717, 1.165) is 31.9 Å². The average molecular weight is 699 g/mol. The van der Waals surface area contributed by atoms with Gasteiger partial charge in [0.05, 0.1) is 48.9 Å². The van der Waals surface area contributed by atoms with Crippen LogP contribution in [-0.4, -0.2) is 88.0 Å². The van der Waals surface area contributed by atoms with Crippen molar-refractivity contribution >= 4 is 23.2 Å². The maximum atomic E-state index is 14.5. The van der Waals surface area contributed by atoms with Crippen molar-refractivity contribution in [3.63, 3.8) is 0 Å². The van der Waals surface area contributed by atoms with Crippen molar-refractivity contribution in [2.24, 2.45) is 17.3 Å². The Bertz CT molecular complexity index is 1780. The Kier molecular flexibility index (Phi) is 13.4. The van der Waals surface area contributed by atoms with Crippen LogP contribution in [0.3, 0.4) is 0 Å². The number of ether oxygens (including phenoxy) is 2. The Balaban J connectivity index is 0.000000875. The number of nitrogens with one attached hydrogen (secondary N) is 1. The number of carbonyl (C=O) groups is 2. The first-order valence-electron chi connectivity index (χ1n) is 16.6. The van der Waals surface area contributed by atoms with Gasteiger partial charge in [-0.05, 0) is 44.1 Å². The molecule has 5 heterocycles. The van der Waals surface area contributed by atoms with Crippen molar-refractivity contribution in [2.75, 3.05) is 40.0 Å². The van der Waals surface area contributed by atoms with Gasteiger partial charge in [-0.25, -0.2) is 20.0 Å². The number of carbonyl (C=O) groups excluding carboxylic acids is 2. The van der Waals surface area contributed by atoms with Gasteiger partial charge in [0.15, 0.2) is 17.7 Å². The van der Waals surface area contributed by atoms with Crippen LogP contribution in [0.1, 0.15) is 61.5 Å². The van der Waals surface area contributed by atoms with Gasteiger partial charge in [-0.3, -0.25) is 15.0 Å². The standard InChI is InChI=1S/C30H36FN7O6.C2H5NO.C2H6/c1-34-15-43-13-17-4-2-3-5-36(17)9-16(32)10-37(33)11-20-18-7-26(39)23(31)8-24(18)35-27-21(20)12-38-25(27)6-19-22(29(38)41)14-44-30(42)28(19)40;3-1-2-4;1-2/h6-8,10,17,28,34,39-40H,2-5,9,11-15,32-33H2,1H3;2H,1,3H2;1-2H3/b16-10-;;. The molecule has 3 aliphatic heterocycles. The van der Waals surface area contributed by atoms with Crippen LogP contribution in [0.25, 0.3) is 22.3 Å². The zero-order chi connectivity index (χ0) is 36.5. The number of fused-ring (bicyclic) bond motifs is 5. The number of aromatic nitrogens is 2. The molecule has 3 aromatic rings. The lowest BCUT2D eigenvalue weighted by Crippen LogP contribution is -2.44. The number of phenolic OH excluding ortho intramolecular Hbond substituents is 1. The zero-order valence-electron chi connectivity index (χ0n) is 28.7. The lowest BCUT2D eigenvalue weighted by molar-refractivity contribution is -0.157. The van der Waals surface area contributed by atoms with E-state index in [4.69, 9.17) is 25.8 Å². The molecular weight excluding hydrogens is 651 g/mol. The van der Waals surface area contributed by atoms with Crippen molar-refractivity contribution in [3.8, 4) is 17.1 Å². The molecule has 272 valence electrons. The van der Waals surface area contributed by atoms with E-state index >= 15 is 0 Å². The summed E-state index contributed by atoms with van der Waals surface area (Å²) in [4.78, 5) is 41.5. The summed E-state index contributed by atoms with van der Waals surface area (Å²) in [6.45, 7) is 6.57. The van der Waals surface area contributed by atoms with Crippen LogP contribution in [0.4, 0.5) is 4.39 Å². The zero-order valence-corrected chi connectivity index (χ0v) is 28.7. The number of aldehydes is 1. The number of pyridine rings is 2. The van der Waals surface area contributed by atoms with Crippen LogP contribution >= 0.6 is 0 Å². The number of hydrazine groups is 1. The number of nitrogens with two attached hydrogens (primary N) is 3. The van der Waals surface area contributed by atoms with Crippen LogP contribution in [0.2, 0.25) is 0 Å². The number of esters is 1. The van der Waals surface area contributed by atoms with Crippen LogP contribution in [-0.2, 0) is 38.8 Å². The van der Waals surface area contributed by atoms with E-state index in [-0.39, 0.29) is 48.9 Å². The average Bonchev–Trinajstić information content (AvgIpc) is 3.48. The number of likely N-dealkylation sites (tertiary alicyclic amines) is 1. The normalized spacial score (nSPS) is 18.1. The number of aliphatic hydroxyl groups excluding tert-OH is 1. The first-order valence-corrected chi connectivity index (χ1v) is 16.6. The number of piperidine rings is 1. The smallest absolute Gasteiger partial charge is 0.340 e. The molecule has 0 saturated carbocycles. The van der Waals surface area contributed by atoms with Crippen molar-refractivity contribution < 1.29 is 33.7 Å². The molecule has 3 aliphatic rings. The van der Waals surface area contributed by atoms with Crippen LogP contribution in [0, 0.1) is 5.82 Å². The molecule has 0 aliphatic carbocycles. The Morgan fingerprint density at radius 3 is 2.68 bits per heavy atom. The van der Waals surface area contributed by atoms with Gasteiger partial charge in [-0.2, -0.15) is 0 Å². The topological polar surface area (TPSA) is 225 Å². The Hall–Kier alpha value is -4.45. The molecule has 1 aromatic carbocycles. The van der Waals surface area contributed by atoms with Gasteiger partial charge < -0.3 is 45.5 Å². The Morgan fingerprint density at radius 1 is 1.24 bits per heavy atom. The summed E-state index contributed by atoms with van der Waals surface area (Å²) >= 11 is 0. The number of aromatic hydroxyl groups is 1. The molecule has 2 atom stereocenters. The minimum Gasteiger partial charge on any atom is -0.505 e. The molecular formula is C34H47FN8O7. The summed E-state index contributed by atoms with van der Waals surface area (Å²) in [5.74, 6) is 4.25. The van der Waals surface area contributed by atoms with E-state index < -0.39 is 29.2 Å². The number of hydrogen-bond donors (Lipinski definition) is 6. The maximum Gasteiger partial charge on any atom is 0.340 e. The van der Waals surface area contributed by atoms with Gasteiger partial charge >= 0.3 is 5.97 Å². The number of aliphatic hydroxyl groups is 1. The fourth-order valence-corrected chi connectivity index (χ4v) is 6.37. The maximum absolute atomic E-state index is 14.5. The second-order valence-electron chi connectivity index (χ2n) is 11.9. The number of rotatable bonds is 10. The molecule has 0 bridgehead atoms. The largest absolute Gasteiger partial charge is 0.505 e. The van der Waals surface area contributed by atoms with Crippen LogP contribution < -0.4 is 28.2 Å². The quantitative estimate of drug-likeness (QED) is 0.0340. The molecule has 0 radical (unpaired) electrons. The summed E-state index contributed by atoms with van der Waals surface area (Å²) in [5, 5.41) is 25.6. The molecule has 1 saturated heterocycles. The van der Waals surface area contributed by atoms with Crippen LogP contribution in [0.15, 0.2) is 34.9 Å². The van der Waals surface area contributed by atoms with Gasteiger partial charge in [0, 0.05) is 53.6 Å². The van der Waals surface area contributed by atoms with E-state index in [0.29, 0.717) is 59.8 Å². The fourth-order valence-electron chi connectivity index (χ4n) is 6.37. The second kappa shape index (κ2) is 17.5. The summed E-state index contributed by atoms with van der Waals surface area (Å²) in [7, 11) is 1.83. The number of nitrogens with zero attached hydrogens (tertiary/aromatic N) is 4. The number of benzene rings is 1. The first kappa shape index (κ1) is 38.4. The van der Waals surface area contributed by atoms with E-state index in [2.05, 4.69) is 20.9 Å². The van der Waals surface area contributed by atoms with Crippen LogP contribution in [0.5, 0.6) is 5.75 Å². The minimum atomic E-state index is -1.60. The van der Waals surface area contributed by atoms with E-state index in [1.165, 1.54) is 15.6 Å². The predicted molar refractivity (Wildman–Crippen MR) is 184 cm³/mol. The highest BCUT2D eigenvalue weighted by molar-refractivity contribution is 5.89. The van der Waals surface area contributed by atoms with Gasteiger partial charge in [-0.1, -0.05) is 20.3 Å². The molecule has 2 unspecified atom stereocenters. The van der Waals surface area contributed by atoms with Crippen molar-refractivity contribution in [1.82, 2.24) is 24.8 Å². The molecule has 1 fully saturated rings. The third-order valence-electron chi connectivity index (χ3n) is 8.60. The SMILES string of the molecule is CC.CNCOCC1CCCCN1C/C(N)=C/N(N)Cc1c2c(nc3cc(F)c(O)cc13)-c1cc3c(c(=O)n1C2)COC(=O)C3O.NCC=O. The molecule has 9 N–H and O–H groups in total.